The molecule has 0 atom stereocenters. The van der Waals surface area contributed by atoms with Gasteiger partial charge in [0.2, 0.25) is 0 Å². The molecule has 0 aliphatic rings. The molecule has 260 valence electrons. The minimum atomic E-state index is -0.474. The topological polar surface area (TPSA) is 129 Å². The summed E-state index contributed by atoms with van der Waals surface area (Å²) in [6.45, 7) is 9.79. The fourth-order valence-corrected chi connectivity index (χ4v) is 5.14. The van der Waals surface area contributed by atoms with E-state index in [0.29, 0.717) is 30.0 Å². The molecule has 0 unspecified atom stereocenters. The van der Waals surface area contributed by atoms with E-state index >= 15 is 0 Å². The Morgan fingerprint density at radius 2 is 1.31 bits per heavy atom. The van der Waals surface area contributed by atoms with Gasteiger partial charge < -0.3 is 25.2 Å². The van der Waals surface area contributed by atoms with E-state index in [9.17, 15) is 9.59 Å². The molecule has 2 N–H and O–H groups in total. The van der Waals surface area contributed by atoms with E-state index in [0.717, 1.165) is 52.7 Å². The summed E-state index contributed by atoms with van der Waals surface area (Å²) < 4.78 is 10.3. The van der Waals surface area contributed by atoms with Crippen LogP contribution in [0.4, 0.5) is 39.8 Å². The average molecular weight is 684 g/mol. The van der Waals surface area contributed by atoms with Crippen LogP contribution < -0.4 is 20.5 Å². The molecule has 11 heteroatoms. The summed E-state index contributed by atoms with van der Waals surface area (Å²) in [6.07, 6.45) is 2.44. The predicted octanol–water partition coefficient (Wildman–Crippen LogP) is 10.8. The molecule has 5 aromatic carbocycles. The second kappa shape index (κ2) is 18.4. The molecule has 0 heterocycles. The van der Waals surface area contributed by atoms with Crippen LogP contribution in [0.15, 0.2) is 142 Å². The van der Waals surface area contributed by atoms with E-state index in [1.165, 1.54) is 5.69 Å². The molecule has 51 heavy (non-hydrogen) atoms. The summed E-state index contributed by atoms with van der Waals surface area (Å²) in [4.78, 5) is 25.4. The quantitative estimate of drug-likeness (QED) is 0.0249. The summed E-state index contributed by atoms with van der Waals surface area (Å²) in [6, 6.07) is 34.5. The second-order valence-electron chi connectivity index (χ2n) is 11.4. The Balaban J connectivity index is 1.12. The first-order valence-electron chi connectivity index (χ1n) is 16.9. The monoisotopic (exact) mass is 683 g/mol. The van der Waals surface area contributed by atoms with Crippen molar-refractivity contribution in [3.63, 3.8) is 0 Å². The number of azo groups is 2. The van der Waals surface area contributed by atoms with Crippen molar-refractivity contribution in [2.45, 2.75) is 33.1 Å². The van der Waals surface area contributed by atoms with Gasteiger partial charge >= 0.3 is 11.9 Å². The molecular formula is C40H41N7O4. The van der Waals surface area contributed by atoms with E-state index in [1.807, 2.05) is 72.8 Å². The zero-order chi connectivity index (χ0) is 35.8. The molecule has 11 nitrogen and oxygen atoms in total. The largest absolute Gasteiger partial charge is 0.463 e. The van der Waals surface area contributed by atoms with Crippen LogP contribution in [0.25, 0.3) is 10.8 Å². The molecule has 0 bridgehead atoms. The normalized spacial score (nSPS) is 11.1. The Hall–Kier alpha value is -6.36. The maximum atomic E-state index is 12.1. The van der Waals surface area contributed by atoms with Crippen molar-refractivity contribution in [2.24, 2.45) is 20.5 Å². The van der Waals surface area contributed by atoms with Crippen molar-refractivity contribution in [1.29, 1.82) is 0 Å². The lowest BCUT2D eigenvalue weighted by Crippen LogP contribution is -2.21. The zero-order valence-electron chi connectivity index (χ0n) is 28.8. The van der Waals surface area contributed by atoms with Crippen molar-refractivity contribution in [2.75, 3.05) is 35.4 Å². The molecule has 0 aromatic heterocycles. The van der Waals surface area contributed by atoms with Gasteiger partial charge in [-0.2, -0.15) is 15.3 Å². The van der Waals surface area contributed by atoms with Crippen LogP contribution in [-0.2, 0) is 14.3 Å². The fraction of sp³-hybridized carbons (Fsp3) is 0.200. The minimum Gasteiger partial charge on any atom is -0.463 e. The third-order valence-corrected chi connectivity index (χ3v) is 7.90. The Bertz CT molecular complexity index is 1970. The third-order valence-electron chi connectivity index (χ3n) is 7.90. The highest BCUT2D eigenvalue weighted by Gasteiger charge is 2.08. The van der Waals surface area contributed by atoms with Gasteiger partial charge in [0.05, 0.1) is 40.7 Å². The van der Waals surface area contributed by atoms with Gasteiger partial charge in [0.1, 0.15) is 5.75 Å². The highest BCUT2D eigenvalue weighted by Crippen LogP contribution is 2.33. The van der Waals surface area contributed by atoms with Gasteiger partial charge in [-0.05, 0) is 112 Å². The zero-order valence-corrected chi connectivity index (χ0v) is 28.8. The van der Waals surface area contributed by atoms with E-state index in [1.54, 1.807) is 24.3 Å². The molecule has 0 radical (unpaired) electrons. The van der Waals surface area contributed by atoms with Crippen molar-refractivity contribution < 1.29 is 19.1 Å². The molecule has 0 saturated carbocycles. The van der Waals surface area contributed by atoms with Gasteiger partial charge in [0, 0.05) is 42.0 Å². The maximum Gasteiger partial charge on any atom is 0.330 e. The number of unbranched alkanes of at least 4 members (excludes halogenated alkanes) is 1. The van der Waals surface area contributed by atoms with E-state index in [-0.39, 0.29) is 19.0 Å². The Kier molecular flexibility index (Phi) is 13.0. The van der Waals surface area contributed by atoms with Gasteiger partial charge in [-0.25, -0.2) is 4.79 Å². The van der Waals surface area contributed by atoms with Crippen LogP contribution in [0, 0.1) is 0 Å². The SMILES string of the molecule is C=CC(=O)OCCCCC(=O)Oc1ccc(/N=N/c2ccc(NNc3ccc(/N=N/c4ccc(N(CC)CC)cc4)c4ccccc34)cc2)cc1. The van der Waals surface area contributed by atoms with Gasteiger partial charge in [-0.1, -0.05) is 30.8 Å². The highest BCUT2D eigenvalue weighted by molar-refractivity contribution is 6.01. The molecule has 5 aromatic rings. The third kappa shape index (κ3) is 10.6. The number of nitrogens with zero attached hydrogens (tertiary/aromatic N) is 5. The first-order chi connectivity index (χ1) is 24.9. The number of carbonyl (C=O) groups excluding carboxylic acids is 2. The summed E-state index contributed by atoms with van der Waals surface area (Å²) in [7, 11) is 0. The Morgan fingerprint density at radius 3 is 1.96 bits per heavy atom. The molecule has 0 aliphatic carbocycles. The molecule has 5 rings (SSSR count). The number of hydrazine groups is 1. The summed E-state index contributed by atoms with van der Waals surface area (Å²) in [5, 5.41) is 19.7. The average Bonchev–Trinajstić information content (AvgIpc) is 3.17. The smallest absolute Gasteiger partial charge is 0.330 e. The van der Waals surface area contributed by atoms with Crippen LogP contribution in [0.3, 0.4) is 0 Å². The van der Waals surface area contributed by atoms with Gasteiger partial charge in [0.15, 0.2) is 0 Å². The summed E-state index contributed by atoms with van der Waals surface area (Å²) in [5.41, 5.74) is 12.4. The van der Waals surface area contributed by atoms with Crippen LogP contribution in [0.5, 0.6) is 5.75 Å². The fourth-order valence-electron chi connectivity index (χ4n) is 5.14. The summed E-state index contributed by atoms with van der Waals surface area (Å²) in [5.74, 6) is -0.413. The second-order valence-corrected chi connectivity index (χ2v) is 11.4. The van der Waals surface area contributed by atoms with Crippen LogP contribution in [-0.4, -0.2) is 31.6 Å². The molecule has 0 spiro atoms. The van der Waals surface area contributed by atoms with E-state index in [2.05, 4.69) is 68.8 Å². The number of rotatable bonds is 17. The van der Waals surface area contributed by atoms with Crippen molar-refractivity contribution >= 4 is 62.5 Å². The van der Waals surface area contributed by atoms with Crippen LogP contribution in [0.2, 0.25) is 0 Å². The molecular weight excluding hydrogens is 642 g/mol. The van der Waals surface area contributed by atoms with Gasteiger partial charge in [-0.15, -0.1) is 5.11 Å². The van der Waals surface area contributed by atoms with Crippen molar-refractivity contribution in [3.8, 4) is 5.75 Å². The minimum absolute atomic E-state index is 0.219. The first-order valence-corrected chi connectivity index (χ1v) is 16.9. The number of anilines is 3. The number of benzene rings is 5. The number of hydrogen-bond acceptors (Lipinski definition) is 11. The number of fused-ring (bicyclic) bond motifs is 1. The van der Waals surface area contributed by atoms with Crippen molar-refractivity contribution in [1.82, 2.24) is 0 Å². The van der Waals surface area contributed by atoms with Gasteiger partial charge in [0.25, 0.3) is 0 Å². The molecule has 0 aliphatic heterocycles. The van der Waals surface area contributed by atoms with Gasteiger partial charge in [-0.3, -0.25) is 4.79 Å². The first kappa shape index (κ1) is 35.9. The number of ether oxygens (including phenoxy) is 2. The molecule has 0 saturated heterocycles. The van der Waals surface area contributed by atoms with E-state index in [4.69, 9.17) is 9.47 Å². The Labute approximate surface area is 297 Å². The Morgan fingerprint density at radius 1 is 0.706 bits per heavy atom. The number of nitrogens with one attached hydrogen (secondary N) is 2. The standard InChI is InChI=1S/C40H41N7O4/c1-4-39(48)50-28-10-9-13-40(49)51-34-24-20-32(21-25-34)42-41-29-14-16-30(17-15-29)43-45-37-26-27-38(36-12-8-7-11-35(36)37)46-44-31-18-22-33(23-19-31)47(5-2)6-3/h4,7-8,11-12,14-27,43,45H,1,5-6,9-10,13,28H2,2-3H3/b42-41+,46-44+. The lowest BCUT2D eigenvalue weighted by Gasteiger charge is -2.20. The van der Waals surface area contributed by atoms with Crippen molar-refractivity contribution in [3.05, 3.63) is 122 Å². The lowest BCUT2D eigenvalue weighted by atomic mass is 10.1. The molecule has 0 fully saturated rings. The predicted molar refractivity (Wildman–Crippen MR) is 203 cm³/mol. The van der Waals surface area contributed by atoms with E-state index < -0.39 is 5.97 Å². The lowest BCUT2D eigenvalue weighted by molar-refractivity contribution is -0.137. The number of hydrogen-bond donors (Lipinski definition) is 2. The van der Waals surface area contributed by atoms with Crippen LogP contribution >= 0.6 is 0 Å². The maximum absolute atomic E-state index is 12.1. The number of esters is 2. The molecule has 0 amide bonds. The van der Waals surface area contributed by atoms with Crippen LogP contribution in [0.1, 0.15) is 33.1 Å². The highest BCUT2D eigenvalue weighted by atomic mass is 16.5. The summed E-state index contributed by atoms with van der Waals surface area (Å²) >= 11 is 0. The number of carbonyl (C=O) groups is 2.